The first kappa shape index (κ1) is 12.1. The topological polar surface area (TPSA) is 55.6 Å². The van der Waals surface area contributed by atoms with E-state index in [-0.39, 0.29) is 0 Å². The summed E-state index contributed by atoms with van der Waals surface area (Å²) in [6.45, 7) is 7.40. The molecule has 0 saturated carbocycles. The van der Waals surface area contributed by atoms with Gasteiger partial charge in [-0.05, 0) is 31.4 Å². The van der Waals surface area contributed by atoms with Crippen LogP contribution < -0.4 is 5.32 Å². The predicted octanol–water partition coefficient (Wildman–Crippen LogP) is 2.66. The number of pyridine rings is 1. The number of fused-ring (bicyclic) bond motifs is 1. The van der Waals surface area contributed by atoms with Crippen molar-refractivity contribution in [2.75, 3.05) is 11.9 Å². The van der Waals surface area contributed by atoms with Crippen LogP contribution in [-0.4, -0.2) is 26.3 Å². The molecule has 1 atom stereocenters. The number of anilines is 1. The van der Waals surface area contributed by atoms with Crippen LogP contribution in [0.3, 0.4) is 0 Å². The molecule has 0 aromatic carbocycles. The Hall–Kier alpha value is -1.91. The number of nitrogens with zero attached hydrogens (tertiary/aromatic N) is 4. The van der Waals surface area contributed by atoms with E-state index in [1.165, 1.54) is 0 Å². The lowest BCUT2D eigenvalue weighted by Crippen LogP contribution is -2.27. The van der Waals surface area contributed by atoms with Crippen LogP contribution in [0.4, 0.5) is 5.95 Å². The first-order chi connectivity index (χ1) is 9.15. The maximum absolute atomic E-state index is 4.65. The van der Waals surface area contributed by atoms with Gasteiger partial charge in [0.25, 0.3) is 0 Å². The van der Waals surface area contributed by atoms with Crippen molar-refractivity contribution in [3.8, 4) is 11.5 Å². The second kappa shape index (κ2) is 4.64. The number of hydrogen-bond acceptors (Lipinski definition) is 4. The van der Waals surface area contributed by atoms with Gasteiger partial charge in [-0.3, -0.25) is 0 Å². The SMILES string of the molecule is Cc1cccc(-c2nc3n(n2)C(C(C)C)CCN3)n1. The first-order valence-corrected chi connectivity index (χ1v) is 6.79. The van der Waals surface area contributed by atoms with Crippen molar-refractivity contribution in [1.29, 1.82) is 0 Å². The van der Waals surface area contributed by atoms with Crippen molar-refractivity contribution in [3.05, 3.63) is 23.9 Å². The molecule has 1 unspecified atom stereocenters. The molecule has 100 valence electrons. The van der Waals surface area contributed by atoms with Crippen molar-refractivity contribution < 1.29 is 0 Å². The Morgan fingerprint density at radius 3 is 2.89 bits per heavy atom. The van der Waals surface area contributed by atoms with Gasteiger partial charge in [0.1, 0.15) is 5.69 Å². The standard InChI is InChI=1S/C14H19N5/c1-9(2)12-7-8-15-14-17-13(18-19(12)14)11-6-4-5-10(3)16-11/h4-6,9,12H,7-8H2,1-3H3,(H,15,17,18). The van der Waals surface area contributed by atoms with E-state index in [0.717, 1.165) is 30.3 Å². The summed E-state index contributed by atoms with van der Waals surface area (Å²) >= 11 is 0. The van der Waals surface area contributed by atoms with Gasteiger partial charge >= 0.3 is 0 Å². The molecule has 3 rings (SSSR count). The van der Waals surface area contributed by atoms with Crippen molar-refractivity contribution in [3.63, 3.8) is 0 Å². The van der Waals surface area contributed by atoms with E-state index in [2.05, 4.69) is 34.2 Å². The lowest BCUT2D eigenvalue weighted by atomic mass is 10.0. The molecule has 1 aliphatic heterocycles. The van der Waals surface area contributed by atoms with Crippen LogP contribution in [0.25, 0.3) is 11.5 Å². The van der Waals surface area contributed by atoms with Gasteiger partial charge in [-0.25, -0.2) is 9.67 Å². The summed E-state index contributed by atoms with van der Waals surface area (Å²) in [4.78, 5) is 9.06. The highest BCUT2D eigenvalue weighted by molar-refractivity contribution is 5.51. The lowest BCUT2D eigenvalue weighted by Gasteiger charge is -2.27. The van der Waals surface area contributed by atoms with E-state index in [4.69, 9.17) is 0 Å². The van der Waals surface area contributed by atoms with Gasteiger partial charge in [-0.15, -0.1) is 5.10 Å². The first-order valence-electron chi connectivity index (χ1n) is 6.79. The third-order valence-electron chi connectivity index (χ3n) is 3.56. The third kappa shape index (κ3) is 2.20. The molecule has 2 aromatic rings. The maximum atomic E-state index is 4.65. The molecule has 1 aliphatic rings. The number of aryl methyl sites for hydroxylation is 1. The Morgan fingerprint density at radius 2 is 2.16 bits per heavy atom. The monoisotopic (exact) mass is 257 g/mol. The Morgan fingerprint density at radius 1 is 1.32 bits per heavy atom. The summed E-state index contributed by atoms with van der Waals surface area (Å²) in [5.74, 6) is 2.13. The molecule has 0 spiro atoms. The van der Waals surface area contributed by atoms with Gasteiger partial charge in [-0.2, -0.15) is 4.98 Å². The number of hydrogen-bond donors (Lipinski definition) is 1. The Labute approximate surface area is 113 Å². The third-order valence-corrected chi connectivity index (χ3v) is 3.56. The summed E-state index contributed by atoms with van der Waals surface area (Å²) in [5.41, 5.74) is 1.82. The summed E-state index contributed by atoms with van der Waals surface area (Å²) in [6, 6.07) is 6.35. The van der Waals surface area contributed by atoms with Crippen LogP contribution >= 0.6 is 0 Å². The Bertz CT molecular complexity index is 587. The molecule has 2 aromatic heterocycles. The molecule has 0 aliphatic carbocycles. The van der Waals surface area contributed by atoms with Gasteiger partial charge in [0.2, 0.25) is 11.8 Å². The average Bonchev–Trinajstić information content (AvgIpc) is 2.82. The second-order valence-electron chi connectivity index (χ2n) is 5.39. The normalized spacial score (nSPS) is 18.2. The van der Waals surface area contributed by atoms with Gasteiger partial charge in [0, 0.05) is 12.2 Å². The van der Waals surface area contributed by atoms with Crippen molar-refractivity contribution >= 4 is 5.95 Å². The van der Waals surface area contributed by atoms with Gasteiger partial charge in [-0.1, -0.05) is 19.9 Å². The second-order valence-corrected chi connectivity index (χ2v) is 5.39. The largest absolute Gasteiger partial charge is 0.354 e. The highest BCUT2D eigenvalue weighted by Gasteiger charge is 2.25. The van der Waals surface area contributed by atoms with Crippen LogP contribution in [0.1, 0.15) is 32.0 Å². The van der Waals surface area contributed by atoms with E-state index in [9.17, 15) is 0 Å². The highest BCUT2D eigenvalue weighted by Crippen LogP contribution is 2.29. The minimum atomic E-state index is 0.419. The van der Waals surface area contributed by atoms with Gasteiger partial charge in [0.05, 0.1) is 6.04 Å². The van der Waals surface area contributed by atoms with Crippen LogP contribution in [-0.2, 0) is 0 Å². The molecule has 0 bridgehead atoms. The predicted molar refractivity (Wildman–Crippen MR) is 75.0 cm³/mol. The number of nitrogens with one attached hydrogen (secondary N) is 1. The van der Waals surface area contributed by atoms with Crippen molar-refractivity contribution in [2.45, 2.75) is 33.2 Å². The summed E-state index contributed by atoms with van der Waals surface area (Å²) in [5, 5.41) is 7.96. The molecular formula is C14H19N5. The van der Waals surface area contributed by atoms with Crippen molar-refractivity contribution in [1.82, 2.24) is 19.7 Å². The molecule has 1 N–H and O–H groups in total. The molecule has 3 heterocycles. The zero-order chi connectivity index (χ0) is 13.4. The minimum absolute atomic E-state index is 0.419. The van der Waals surface area contributed by atoms with E-state index in [1.807, 2.05) is 29.8 Å². The molecule has 5 heteroatoms. The van der Waals surface area contributed by atoms with E-state index in [1.54, 1.807) is 0 Å². The average molecular weight is 257 g/mol. The fraction of sp³-hybridized carbons (Fsp3) is 0.500. The van der Waals surface area contributed by atoms with E-state index in [0.29, 0.717) is 17.8 Å². The zero-order valence-electron chi connectivity index (χ0n) is 11.6. The fourth-order valence-corrected chi connectivity index (χ4v) is 2.52. The van der Waals surface area contributed by atoms with Gasteiger partial charge in [0.15, 0.2) is 0 Å². The van der Waals surface area contributed by atoms with Crippen molar-refractivity contribution in [2.24, 2.45) is 5.92 Å². The molecule has 0 amide bonds. The van der Waals surface area contributed by atoms with E-state index >= 15 is 0 Å². The van der Waals surface area contributed by atoms with Gasteiger partial charge < -0.3 is 5.32 Å². The smallest absolute Gasteiger partial charge is 0.222 e. The van der Waals surface area contributed by atoms with E-state index < -0.39 is 0 Å². The fourth-order valence-electron chi connectivity index (χ4n) is 2.52. The van der Waals surface area contributed by atoms with Crippen LogP contribution in [0.5, 0.6) is 0 Å². The maximum Gasteiger partial charge on any atom is 0.222 e. The summed E-state index contributed by atoms with van der Waals surface area (Å²) < 4.78 is 2.02. The van der Waals surface area contributed by atoms with Crippen LogP contribution in [0.2, 0.25) is 0 Å². The molecule has 0 radical (unpaired) electrons. The molecule has 0 fully saturated rings. The highest BCUT2D eigenvalue weighted by atomic mass is 15.4. The minimum Gasteiger partial charge on any atom is -0.354 e. The molecular weight excluding hydrogens is 238 g/mol. The number of aromatic nitrogens is 4. The molecule has 19 heavy (non-hydrogen) atoms. The van der Waals surface area contributed by atoms with Crippen LogP contribution in [0.15, 0.2) is 18.2 Å². The van der Waals surface area contributed by atoms with Crippen LogP contribution in [0, 0.1) is 12.8 Å². The lowest BCUT2D eigenvalue weighted by molar-refractivity contribution is 0.322. The Kier molecular flexibility index (Phi) is 2.97. The Balaban J connectivity index is 2.02. The summed E-state index contributed by atoms with van der Waals surface area (Å²) in [7, 11) is 0. The number of rotatable bonds is 2. The zero-order valence-corrected chi connectivity index (χ0v) is 11.6. The molecule has 5 nitrogen and oxygen atoms in total. The summed E-state index contributed by atoms with van der Waals surface area (Å²) in [6.07, 6.45) is 1.09. The quantitative estimate of drug-likeness (QED) is 0.898. The molecule has 0 saturated heterocycles.